The molecule has 2 heterocycles. The summed E-state index contributed by atoms with van der Waals surface area (Å²) in [5, 5.41) is 11.0. The summed E-state index contributed by atoms with van der Waals surface area (Å²) in [6.07, 6.45) is 3.49. The Morgan fingerprint density at radius 2 is 1.94 bits per heavy atom. The number of aromatic amines is 1. The highest BCUT2D eigenvalue weighted by Crippen LogP contribution is 2.38. The number of nitrogens with one attached hydrogen (secondary N) is 2. The first-order valence-corrected chi connectivity index (χ1v) is 6.62. The second kappa shape index (κ2) is 3.92. The molecule has 2 aliphatic rings. The summed E-state index contributed by atoms with van der Waals surface area (Å²) < 4.78 is 0. The molecular formula is C14H16N4. The van der Waals surface area contributed by atoms with E-state index in [0.717, 1.165) is 24.6 Å². The zero-order valence-electron chi connectivity index (χ0n) is 10.2. The van der Waals surface area contributed by atoms with Crippen molar-refractivity contribution >= 4 is 0 Å². The van der Waals surface area contributed by atoms with Crippen LogP contribution in [0, 0.1) is 0 Å². The largest absolute Gasteiger partial charge is 0.303 e. The van der Waals surface area contributed by atoms with Crippen LogP contribution in [0.3, 0.4) is 0 Å². The number of benzene rings is 1. The molecule has 1 atom stereocenters. The van der Waals surface area contributed by atoms with Crippen molar-refractivity contribution in [2.45, 2.75) is 37.8 Å². The Hall–Kier alpha value is -1.68. The van der Waals surface area contributed by atoms with E-state index in [1.165, 1.54) is 24.0 Å². The van der Waals surface area contributed by atoms with E-state index in [1.807, 2.05) is 0 Å². The third-order valence-corrected chi connectivity index (χ3v) is 3.87. The summed E-state index contributed by atoms with van der Waals surface area (Å²) in [4.78, 5) is 4.64. The van der Waals surface area contributed by atoms with Gasteiger partial charge in [0.25, 0.3) is 0 Å². The normalized spacial score (nSPS) is 22.8. The van der Waals surface area contributed by atoms with Crippen molar-refractivity contribution in [3.05, 3.63) is 47.0 Å². The lowest BCUT2D eigenvalue weighted by Crippen LogP contribution is -2.29. The SMILES string of the molecule is c1ccc2c(c1)CN[C@H](c1nc(C3CC3)n[nH]1)C2. The van der Waals surface area contributed by atoms with E-state index in [0.29, 0.717) is 5.92 Å². The number of rotatable bonds is 2. The van der Waals surface area contributed by atoms with Crippen molar-refractivity contribution in [2.24, 2.45) is 0 Å². The van der Waals surface area contributed by atoms with Crippen LogP contribution in [-0.4, -0.2) is 15.2 Å². The van der Waals surface area contributed by atoms with Gasteiger partial charge >= 0.3 is 0 Å². The van der Waals surface area contributed by atoms with Crippen LogP contribution in [0.2, 0.25) is 0 Å². The molecule has 0 spiro atoms. The van der Waals surface area contributed by atoms with Crippen LogP contribution < -0.4 is 5.32 Å². The Bertz CT molecular complexity index is 571. The minimum Gasteiger partial charge on any atom is -0.303 e. The van der Waals surface area contributed by atoms with Gasteiger partial charge in [-0.3, -0.25) is 5.10 Å². The van der Waals surface area contributed by atoms with Crippen LogP contribution in [0.15, 0.2) is 24.3 Å². The second-order valence-corrected chi connectivity index (χ2v) is 5.26. The first-order valence-electron chi connectivity index (χ1n) is 6.62. The zero-order valence-corrected chi connectivity index (χ0v) is 10.2. The minimum absolute atomic E-state index is 0.278. The van der Waals surface area contributed by atoms with Crippen LogP contribution in [0.4, 0.5) is 0 Å². The van der Waals surface area contributed by atoms with Crippen LogP contribution in [-0.2, 0) is 13.0 Å². The average molecular weight is 240 g/mol. The van der Waals surface area contributed by atoms with E-state index < -0.39 is 0 Å². The molecule has 1 saturated carbocycles. The lowest BCUT2D eigenvalue weighted by atomic mass is 9.96. The van der Waals surface area contributed by atoms with Gasteiger partial charge < -0.3 is 5.32 Å². The molecule has 0 saturated heterocycles. The summed E-state index contributed by atoms with van der Waals surface area (Å²) >= 11 is 0. The fraction of sp³-hybridized carbons (Fsp3) is 0.429. The highest BCUT2D eigenvalue weighted by molar-refractivity contribution is 5.30. The van der Waals surface area contributed by atoms with Crippen molar-refractivity contribution in [3.63, 3.8) is 0 Å². The third-order valence-electron chi connectivity index (χ3n) is 3.87. The third kappa shape index (κ3) is 1.73. The summed E-state index contributed by atoms with van der Waals surface area (Å²) in [5.41, 5.74) is 2.82. The Morgan fingerprint density at radius 1 is 1.11 bits per heavy atom. The average Bonchev–Trinajstić information content (AvgIpc) is 3.16. The zero-order chi connectivity index (χ0) is 11.9. The van der Waals surface area contributed by atoms with Crippen LogP contribution in [0.25, 0.3) is 0 Å². The van der Waals surface area contributed by atoms with E-state index in [4.69, 9.17) is 0 Å². The maximum atomic E-state index is 4.64. The van der Waals surface area contributed by atoms with E-state index in [9.17, 15) is 0 Å². The van der Waals surface area contributed by atoms with Crippen LogP contribution in [0.5, 0.6) is 0 Å². The van der Waals surface area contributed by atoms with Gasteiger partial charge in [-0.25, -0.2) is 4.98 Å². The van der Waals surface area contributed by atoms with Crippen molar-refractivity contribution in [3.8, 4) is 0 Å². The van der Waals surface area contributed by atoms with E-state index in [-0.39, 0.29) is 6.04 Å². The maximum Gasteiger partial charge on any atom is 0.153 e. The molecule has 1 aromatic carbocycles. The quantitative estimate of drug-likeness (QED) is 0.845. The molecule has 0 unspecified atom stereocenters. The summed E-state index contributed by atoms with van der Waals surface area (Å²) in [7, 11) is 0. The Kier molecular flexibility index (Phi) is 2.23. The van der Waals surface area contributed by atoms with Crippen LogP contribution in [0.1, 0.15) is 47.6 Å². The maximum absolute atomic E-state index is 4.64. The molecule has 1 aliphatic carbocycles. The molecule has 18 heavy (non-hydrogen) atoms. The van der Waals surface area contributed by atoms with Crippen molar-refractivity contribution < 1.29 is 0 Å². The molecule has 2 N–H and O–H groups in total. The predicted octanol–water partition coefficient (Wildman–Crippen LogP) is 2.07. The Labute approximate surface area is 106 Å². The number of H-pyrrole nitrogens is 1. The lowest BCUT2D eigenvalue weighted by molar-refractivity contribution is 0.477. The molecule has 1 fully saturated rings. The van der Waals surface area contributed by atoms with Crippen LogP contribution >= 0.6 is 0 Å². The van der Waals surface area contributed by atoms with E-state index >= 15 is 0 Å². The number of nitrogens with zero attached hydrogens (tertiary/aromatic N) is 2. The molecule has 0 bridgehead atoms. The molecule has 0 amide bonds. The molecule has 1 aromatic heterocycles. The van der Waals surface area contributed by atoms with Crippen molar-refractivity contribution in [1.29, 1.82) is 0 Å². The fourth-order valence-electron chi connectivity index (χ4n) is 2.62. The molecule has 92 valence electrons. The lowest BCUT2D eigenvalue weighted by Gasteiger charge is -2.24. The van der Waals surface area contributed by atoms with Gasteiger partial charge in [-0.15, -0.1) is 0 Å². The summed E-state index contributed by atoms with van der Waals surface area (Å²) in [6.45, 7) is 0.917. The van der Waals surface area contributed by atoms with Gasteiger partial charge in [-0.1, -0.05) is 24.3 Å². The number of hydrogen-bond acceptors (Lipinski definition) is 3. The fourth-order valence-corrected chi connectivity index (χ4v) is 2.62. The standard InChI is InChI=1S/C14H16N4/c1-2-4-11-8-15-12(7-10(11)3-1)14-16-13(17-18-14)9-5-6-9/h1-4,9,12,15H,5-8H2,(H,16,17,18)/t12-/m0/s1. The van der Waals surface area contributed by atoms with Gasteiger partial charge in [-0.2, -0.15) is 5.10 Å². The Balaban J connectivity index is 1.59. The molecule has 2 aromatic rings. The van der Waals surface area contributed by atoms with Gasteiger partial charge in [0.2, 0.25) is 0 Å². The van der Waals surface area contributed by atoms with Crippen molar-refractivity contribution in [1.82, 2.24) is 20.5 Å². The monoisotopic (exact) mass is 240 g/mol. The first kappa shape index (κ1) is 10.3. The van der Waals surface area contributed by atoms with Gasteiger partial charge in [0.1, 0.15) is 5.82 Å². The number of aromatic nitrogens is 3. The minimum atomic E-state index is 0.278. The topological polar surface area (TPSA) is 53.6 Å². The van der Waals surface area contributed by atoms with E-state index in [1.54, 1.807) is 0 Å². The number of hydrogen-bond donors (Lipinski definition) is 2. The van der Waals surface area contributed by atoms with Crippen molar-refractivity contribution in [2.75, 3.05) is 0 Å². The summed E-state index contributed by atoms with van der Waals surface area (Å²) in [5.74, 6) is 2.61. The second-order valence-electron chi connectivity index (χ2n) is 5.26. The van der Waals surface area contributed by atoms with Gasteiger partial charge in [0.05, 0.1) is 6.04 Å². The molecule has 4 heteroatoms. The van der Waals surface area contributed by atoms with E-state index in [2.05, 4.69) is 44.8 Å². The van der Waals surface area contributed by atoms with Gasteiger partial charge in [-0.05, 0) is 30.4 Å². The number of fused-ring (bicyclic) bond motifs is 1. The molecule has 4 nitrogen and oxygen atoms in total. The smallest absolute Gasteiger partial charge is 0.153 e. The molecular weight excluding hydrogens is 224 g/mol. The molecule has 1 aliphatic heterocycles. The molecule has 4 rings (SSSR count). The highest BCUT2D eigenvalue weighted by Gasteiger charge is 2.29. The predicted molar refractivity (Wildman–Crippen MR) is 68.1 cm³/mol. The van der Waals surface area contributed by atoms with Gasteiger partial charge in [0.15, 0.2) is 5.82 Å². The Morgan fingerprint density at radius 3 is 2.78 bits per heavy atom. The first-order chi connectivity index (χ1) is 8.90. The van der Waals surface area contributed by atoms with Gasteiger partial charge in [0, 0.05) is 12.5 Å². The highest BCUT2D eigenvalue weighted by atomic mass is 15.2. The molecule has 0 radical (unpaired) electrons. The summed E-state index contributed by atoms with van der Waals surface area (Å²) in [6, 6.07) is 8.88.